The van der Waals surface area contributed by atoms with E-state index in [1.807, 2.05) is 6.92 Å². The number of aliphatic hydroxyl groups excluding tert-OH is 1. The minimum Gasteiger partial charge on any atom is -0.462 e. The molecule has 0 aromatic heterocycles. The summed E-state index contributed by atoms with van der Waals surface area (Å²) in [6.07, 6.45) is 3.22. The summed E-state index contributed by atoms with van der Waals surface area (Å²) in [5.74, 6) is -2.05. The first kappa shape index (κ1) is 24.5. The van der Waals surface area contributed by atoms with E-state index in [1.54, 1.807) is 0 Å². The van der Waals surface area contributed by atoms with Gasteiger partial charge in [-0.2, -0.15) is 0 Å². The van der Waals surface area contributed by atoms with Crippen LogP contribution in [0.3, 0.4) is 0 Å². The van der Waals surface area contributed by atoms with Gasteiger partial charge in [0.15, 0.2) is 0 Å². The quantitative estimate of drug-likeness (QED) is 0.499. The van der Waals surface area contributed by atoms with Gasteiger partial charge in [-0.3, -0.25) is 14.4 Å². The van der Waals surface area contributed by atoms with Crippen LogP contribution in [-0.2, 0) is 28.6 Å². The van der Waals surface area contributed by atoms with Crippen molar-refractivity contribution >= 4 is 17.9 Å². The van der Waals surface area contributed by atoms with Gasteiger partial charge in [-0.1, -0.05) is 26.7 Å². The minimum atomic E-state index is -0.925. The van der Waals surface area contributed by atoms with E-state index in [4.69, 9.17) is 14.2 Å². The number of fused-ring (bicyclic) bond motifs is 2. The van der Waals surface area contributed by atoms with Crippen LogP contribution in [-0.4, -0.2) is 72.0 Å². The van der Waals surface area contributed by atoms with E-state index in [2.05, 4.69) is 11.8 Å². The lowest BCUT2D eigenvalue weighted by Gasteiger charge is -2.43. The van der Waals surface area contributed by atoms with E-state index >= 15 is 0 Å². The highest BCUT2D eigenvalue weighted by molar-refractivity contribution is 5.76. The van der Waals surface area contributed by atoms with E-state index in [1.165, 1.54) is 26.7 Å². The second kappa shape index (κ2) is 9.53. The highest BCUT2D eigenvalue weighted by atomic mass is 16.6. The predicted molar refractivity (Wildman–Crippen MR) is 119 cm³/mol. The van der Waals surface area contributed by atoms with E-state index in [9.17, 15) is 19.5 Å². The van der Waals surface area contributed by atoms with Gasteiger partial charge in [-0.15, -0.1) is 0 Å². The molecule has 2 aliphatic carbocycles. The Kier molecular flexibility index (Phi) is 7.06. The molecule has 9 atom stereocenters. The first-order valence-corrected chi connectivity index (χ1v) is 12.6. The van der Waals surface area contributed by atoms with Crippen LogP contribution >= 0.6 is 0 Å². The number of aliphatic hydroxyl groups is 1. The molecule has 2 heterocycles. The molecule has 0 radical (unpaired) electrons. The number of esters is 3. The highest BCUT2D eigenvalue weighted by Crippen LogP contribution is 2.59. The predicted octanol–water partition coefficient (Wildman–Crippen LogP) is 2.31. The lowest BCUT2D eigenvalue weighted by Crippen LogP contribution is -2.52. The maximum Gasteiger partial charge on any atom is 0.311 e. The second-order valence-corrected chi connectivity index (χ2v) is 10.9. The fourth-order valence-corrected chi connectivity index (χ4v) is 7.38. The Morgan fingerprint density at radius 1 is 1.09 bits per heavy atom. The molecule has 0 bridgehead atoms. The molecule has 2 saturated heterocycles. The Morgan fingerprint density at radius 3 is 2.33 bits per heavy atom. The maximum absolute atomic E-state index is 13.0. The fraction of sp³-hybridized carbons (Fsp3) is 0.880. The average molecular weight is 466 g/mol. The third kappa shape index (κ3) is 4.53. The van der Waals surface area contributed by atoms with Gasteiger partial charge in [0.05, 0.1) is 12.0 Å². The summed E-state index contributed by atoms with van der Waals surface area (Å²) in [7, 11) is 0. The van der Waals surface area contributed by atoms with E-state index in [-0.39, 0.29) is 29.7 Å². The van der Waals surface area contributed by atoms with Crippen molar-refractivity contribution in [3.8, 4) is 0 Å². The van der Waals surface area contributed by atoms with Crippen molar-refractivity contribution in [2.45, 2.75) is 90.6 Å². The first-order valence-electron chi connectivity index (χ1n) is 12.6. The first-order chi connectivity index (χ1) is 15.6. The molecule has 2 aliphatic heterocycles. The number of ether oxygens (including phenoxy) is 3. The summed E-state index contributed by atoms with van der Waals surface area (Å²) >= 11 is 0. The largest absolute Gasteiger partial charge is 0.462 e. The smallest absolute Gasteiger partial charge is 0.311 e. The molecule has 9 unspecified atom stereocenters. The number of carbonyl (C=O) groups excluding carboxylic acids is 3. The number of likely N-dealkylation sites (tertiary alicyclic amines) is 1. The number of rotatable bonds is 4. The summed E-state index contributed by atoms with van der Waals surface area (Å²) in [5.41, 5.74) is -0.852. The molecule has 4 rings (SSSR count). The van der Waals surface area contributed by atoms with Gasteiger partial charge in [-0.05, 0) is 38.3 Å². The summed E-state index contributed by atoms with van der Waals surface area (Å²) in [6.45, 7) is 9.22. The van der Waals surface area contributed by atoms with E-state index in [0.29, 0.717) is 19.4 Å². The molecule has 8 heteroatoms. The van der Waals surface area contributed by atoms with Crippen molar-refractivity contribution in [3.63, 3.8) is 0 Å². The van der Waals surface area contributed by atoms with Crippen LogP contribution in [0.15, 0.2) is 0 Å². The zero-order chi connectivity index (χ0) is 23.9. The van der Waals surface area contributed by atoms with Crippen LogP contribution in [0.25, 0.3) is 0 Å². The number of hydrogen-bond donors (Lipinski definition) is 1. The van der Waals surface area contributed by atoms with Crippen molar-refractivity contribution in [3.05, 3.63) is 0 Å². The molecule has 33 heavy (non-hydrogen) atoms. The topological polar surface area (TPSA) is 102 Å². The number of carbonyl (C=O) groups is 3. The van der Waals surface area contributed by atoms with Crippen LogP contribution in [0.4, 0.5) is 0 Å². The normalized spacial score (nSPS) is 43.6. The van der Waals surface area contributed by atoms with Gasteiger partial charge in [0, 0.05) is 44.1 Å². The Labute approximate surface area is 196 Å². The van der Waals surface area contributed by atoms with Crippen molar-refractivity contribution in [2.75, 3.05) is 19.6 Å². The molecule has 8 nitrogen and oxygen atoms in total. The second-order valence-electron chi connectivity index (χ2n) is 10.9. The Balaban J connectivity index is 1.67. The van der Waals surface area contributed by atoms with E-state index in [0.717, 1.165) is 25.9 Å². The SMILES string of the molecule is CC(=O)OC1CC(OC(C)=O)C2(C)C(O)C3C(CC(C)C12)OC(=O)C3CN1CCCCCC1. The van der Waals surface area contributed by atoms with Gasteiger partial charge in [-0.25, -0.2) is 0 Å². The van der Waals surface area contributed by atoms with Crippen LogP contribution in [0.1, 0.15) is 66.2 Å². The molecule has 0 spiro atoms. The summed E-state index contributed by atoms with van der Waals surface area (Å²) in [6, 6.07) is 0. The van der Waals surface area contributed by atoms with Gasteiger partial charge in [0.2, 0.25) is 0 Å². The van der Waals surface area contributed by atoms with Crippen LogP contribution < -0.4 is 0 Å². The fourth-order valence-electron chi connectivity index (χ4n) is 7.38. The zero-order valence-corrected chi connectivity index (χ0v) is 20.3. The standard InChI is InChI=1S/C25H39NO7/c1-14-11-18-21(17(24(30)33-18)13-26-9-7-5-6-8-10-26)23(29)25(4)20(32-16(3)28)12-19(22(14)25)31-15(2)27/h14,17-23,29H,5-13H2,1-4H3. The monoisotopic (exact) mass is 465 g/mol. The molecule has 0 aromatic rings. The number of hydrogen-bond acceptors (Lipinski definition) is 8. The molecule has 0 amide bonds. The molecule has 4 aliphatic rings. The van der Waals surface area contributed by atoms with Gasteiger partial charge >= 0.3 is 17.9 Å². The van der Waals surface area contributed by atoms with Crippen molar-refractivity contribution < 1.29 is 33.7 Å². The Morgan fingerprint density at radius 2 is 1.73 bits per heavy atom. The third-order valence-corrected chi connectivity index (χ3v) is 8.72. The molecule has 186 valence electrons. The summed E-state index contributed by atoms with van der Waals surface area (Å²) in [5, 5.41) is 11.9. The van der Waals surface area contributed by atoms with Crippen molar-refractivity contribution in [2.24, 2.45) is 29.1 Å². The number of nitrogens with zero attached hydrogens (tertiary/aromatic N) is 1. The van der Waals surface area contributed by atoms with Gasteiger partial charge in [0.1, 0.15) is 18.3 Å². The Bertz CT molecular complexity index is 764. The van der Waals surface area contributed by atoms with Crippen molar-refractivity contribution in [1.29, 1.82) is 0 Å². The maximum atomic E-state index is 13.0. The lowest BCUT2D eigenvalue weighted by atomic mass is 9.66. The van der Waals surface area contributed by atoms with Gasteiger partial charge in [0.25, 0.3) is 0 Å². The molecule has 4 fully saturated rings. The third-order valence-electron chi connectivity index (χ3n) is 8.72. The molecule has 0 aromatic carbocycles. The minimum absolute atomic E-state index is 0.00861. The molecule has 2 saturated carbocycles. The summed E-state index contributed by atoms with van der Waals surface area (Å²) in [4.78, 5) is 39.2. The van der Waals surface area contributed by atoms with Crippen LogP contribution in [0.5, 0.6) is 0 Å². The Hall–Kier alpha value is -1.67. The van der Waals surface area contributed by atoms with Crippen molar-refractivity contribution in [1.82, 2.24) is 4.90 Å². The zero-order valence-electron chi connectivity index (χ0n) is 20.3. The van der Waals surface area contributed by atoms with Crippen LogP contribution in [0.2, 0.25) is 0 Å². The van der Waals surface area contributed by atoms with E-state index < -0.39 is 41.7 Å². The van der Waals surface area contributed by atoms with Gasteiger partial charge < -0.3 is 24.2 Å². The highest BCUT2D eigenvalue weighted by Gasteiger charge is 2.67. The molecular weight excluding hydrogens is 426 g/mol. The summed E-state index contributed by atoms with van der Waals surface area (Å²) < 4.78 is 17.3. The molecular formula is C25H39NO7. The molecule has 1 N–H and O–H groups in total. The average Bonchev–Trinajstić information content (AvgIpc) is 2.99. The van der Waals surface area contributed by atoms with Crippen LogP contribution in [0, 0.1) is 29.1 Å². The lowest BCUT2D eigenvalue weighted by molar-refractivity contribution is -0.165.